The predicted molar refractivity (Wildman–Crippen MR) is 243 cm³/mol. The first kappa shape index (κ1) is 44.3. The molecule has 2 aliphatic rings. The van der Waals surface area contributed by atoms with Crippen molar-refractivity contribution in [2.75, 3.05) is 26.2 Å². The van der Waals surface area contributed by atoms with E-state index in [0.29, 0.717) is 30.6 Å². The van der Waals surface area contributed by atoms with Crippen molar-refractivity contribution in [1.82, 2.24) is 15.1 Å². The highest BCUT2D eigenvalue weighted by molar-refractivity contribution is 5.94. The van der Waals surface area contributed by atoms with E-state index in [1.807, 2.05) is 91.0 Å². The van der Waals surface area contributed by atoms with Gasteiger partial charge in [-0.15, -0.1) is 0 Å². The Bertz CT molecular complexity index is 2140. The number of carboxylic acids is 1. The Hall–Kier alpha value is -6.26. The van der Waals surface area contributed by atoms with Gasteiger partial charge in [-0.1, -0.05) is 121 Å². The maximum absolute atomic E-state index is 12.6. The number of piperidine rings is 2. The number of ether oxygens (including phenoxy) is 2. The van der Waals surface area contributed by atoms with Gasteiger partial charge in [0.05, 0.1) is 5.56 Å². The Balaban J connectivity index is 0.000000169. The van der Waals surface area contributed by atoms with Crippen LogP contribution in [0.3, 0.4) is 0 Å². The van der Waals surface area contributed by atoms with Crippen LogP contribution in [0.1, 0.15) is 68.7 Å². The van der Waals surface area contributed by atoms with Crippen molar-refractivity contribution in [1.29, 1.82) is 0 Å². The van der Waals surface area contributed by atoms with E-state index in [4.69, 9.17) is 20.3 Å². The Labute approximate surface area is 360 Å². The fraction of sp³-hybridized carbons (Fsp3) is 0.269. The number of amides is 1. The number of likely N-dealkylation sites (tertiary alicyclic amines) is 2. The molecule has 0 saturated carbocycles. The molecule has 0 aliphatic carbocycles. The lowest BCUT2D eigenvalue weighted by atomic mass is 10.0. The van der Waals surface area contributed by atoms with E-state index in [0.717, 1.165) is 81.8 Å². The summed E-state index contributed by atoms with van der Waals surface area (Å²) in [6.07, 6.45) is 4.26. The molecule has 4 N–H and O–H groups in total. The maximum atomic E-state index is 12.6. The van der Waals surface area contributed by atoms with Crippen molar-refractivity contribution >= 4 is 11.9 Å². The van der Waals surface area contributed by atoms with Gasteiger partial charge in [-0.25, -0.2) is 4.79 Å². The average Bonchev–Trinajstić information content (AvgIpc) is 3.31. The summed E-state index contributed by atoms with van der Waals surface area (Å²) >= 11 is 0. The van der Waals surface area contributed by atoms with E-state index >= 15 is 0 Å². The molecule has 0 bridgehead atoms. The van der Waals surface area contributed by atoms with E-state index in [9.17, 15) is 9.59 Å². The summed E-state index contributed by atoms with van der Waals surface area (Å²) in [4.78, 5) is 28.2. The molecular weight excluding hydrogens is 761 g/mol. The Morgan fingerprint density at radius 2 is 0.869 bits per heavy atom. The fourth-order valence-corrected chi connectivity index (χ4v) is 7.18. The zero-order valence-electron chi connectivity index (χ0n) is 34.9. The number of rotatable bonds is 13. The van der Waals surface area contributed by atoms with Gasteiger partial charge >= 0.3 is 5.97 Å². The van der Waals surface area contributed by atoms with Gasteiger partial charge in [0, 0.05) is 43.8 Å². The number of benzene rings is 6. The predicted octanol–water partition coefficient (Wildman–Crippen LogP) is 9.23. The third-order valence-electron chi connectivity index (χ3n) is 10.8. The molecule has 2 aliphatic heterocycles. The molecule has 0 spiro atoms. The number of nitrogens with two attached hydrogens (primary N) is 1. The monoisotopic (exact) mass is 818 g/mol. The van der Waals surface area contributed by atoms with Crippen LogP contribution in [-0.2, 0) is 26.3 Å². The molecule has 316 valence electrons. The van der Waals surface area contributed by atoms with E-state index in [1.165, 1.54) is 23.3 Å². The van der Waals surface area contributed by atoms with Crippen molar-refractivity contribution in [2.24, 2.45) is 5.73 Å². The Morgan fingerprint density at radius 1 is 0.508 bits per heavy atom. The van der Waals surface area contributed by atoms with Gasteiger partial charge in [0.25, 0.3) is 5.91 Å². The molecule has 8 rings (SSSR count). The maximum Gasteiger partial charge on any atom is 0.335 e. The molecule has 0 radical (unpaired) electrons. The molecule has 2 saturated heterocycles. The number of nitrogens with zero attached hydrogens (tertiary/aromatic N) is 2. The average molecular weight is 819 g/mol. The first-order valence-corrected chi connectivity index (χ1v) is 21.2. The van der Waals surface area contributed by atoms with Crippen LogP contribution < -0.4 is 20.5 Å². The second kappa shape index (κ2) is 24.1. The van der Waals surface area contributed by atoms with Crippen LogP contribution in [-0.4, -0.2) is 65.0 Å². The number of nitrogens with one attached hydrogen (secondary N) is 1. The minimum atomic E-state index is -0.931. The minimum absolute atomic E-state index is 0.00822. The summed E-state index contributed by atoms with van der Waals surface area (Å²) in [5.41, 5.74) is 11.7. The topological polar surface area (TPSA) is 117 Å². The first-order chi connectivity index (χ1) is 29.9. The van der Waals surface area contributed by atoms with Gasteiger partial charge in [-0.2, -0.15) is 0 Å². The van der Waals surface area contributed by atoms with Gasteiger partial charge in [-0.05, 0) is 110 Å². The summed E-state index contributed by atoms with van der Waals surface area (Å²) < 4.78 is 11.3. The molecule has 1 amide bonds. The lowest BCUT2D eigenvalue weighted by molar-refractivity contribution is 0.0696. The molecule has 9 heteroatoms. The number of aromatic carboxylic acids is 1. The van der Waals surface area contributed by atoms with E-state index in [1.54, 1.807) is 12.1 Å². The molecule has 0 aromatic heterocycles. The van der Waals surface area contributed by atoms with E-state index in [-0.39, 0.29) is 17.5 Å². The first-order valence-electron chi connectivity index (χ1n) is 21.2. The van der Waals surface area contributed by atoms with Crippen LogP contribution >= 0.6 is 0 Å². The highest BCUT2D eigenvalue weighted by Crippen LogP contribution is 2.18. The smallest absolute Gasteiger partial charge is 0.335 e. The van der Waals surface area contributed by atoms with Crippen molar-refractivity contribution in [3.63, 3.8) is 0 Å². The summed E-state index contributed by atoms with van der Waals surface area (Å²) in [6.45, 7) is 7.37. The molecule has 6 aromatic rings. The third-order valence-corrected chi connectivity index (χ3v) is 10.8. The van der Waals surface area contributed by atoms with Crippen molar-refractivity contribution in [3.05, 3.63) is 203 Å². The second-order valence-corrected chi connectivity index (χ2v) is 15.5. The molecule has 9 nitrogen and oxygen atoms in total. The Kier molecular flexibility index (Phi) is 17.5. The minimum Gasteiger partial charge on any atom is -0.489 e. The number of carbonyl (C=O) groups excluding carboxylic acids is 1. The van der Waals surface area contributed by atoms with Crippen LogP contribution in [0.25, 0.3) is 0 Å². The zero-order chi connectivity index (χ0) is 42.5. The van der Waals surface area contributed by atoms with Crippen LogP contribution in [0.15, 0.2) is 170 Å². The molecule has 0 atom stereocenters. The number of carboxylic acid groups (broad SMARTS) is 1. The lowest BCUT2D eigenvalue weighted by Gasteiger charge is -2.32. The molecule has 61 heavy (non-hydrogen) atoms. The third kappa shape index (κ3) is 15.7. The van der Waals surface area contributed by atoms with E-state index in [2.05, 4.69) is 69.7 Å². The summed E-state index contributed by atoms with van der Waals surface area (Å²) in [7, 11) is 0. The van der Waals surface area contributed by atoms with Gasteiger partial charge in [0.15, 0.2) is 0 Å². The molecule has 6 aromatic carbocycles. The van der Waals surface area contributed by atoms with Gasteiger partial charge in [0.2, 0.25) is 0 Å². The summed E-state index contributed by atoms with van der Waals surface area (Å²) in [5.74, 6) is 0.495. The van der Waals surface area contributed by atoms with E-state index < -0.39 is 5.97 Å². The summed E-state index contributed by atoms with van der Waals surface area (Å²) in [6, 6.07) is 55.5. The van der Waals surface area contributed by atoms with Crippen LogP contribution in [0.4, 0.5) is 0 Å². The lowest BCUT2D eigenvalue weighted by Crippen LogP contribution is -2.44. The van der Waals surface area contributed by atoms with Crippen LogP contribution in [0.2, 0.25) is 0 Å². The normalized spacial score (nSPS) is 14.6. The summed E-state index contributed by atoms with van der Waals surface area (Å²) in [5, 5.41) is 11.9. The molecular formula is C52H58N4O5. The van der Waals surface area contributed by atoms with Gasteiger partial charge in [-0.3, -0.25) is 14.6 Å². The SMILES string of the molecule is NC1CCN(Cc2ccccc2)CC1.O=C(NC1CCN(Cc2ccccc2)CC1)c1ccc(OCc2ccccc2)cc1.O=C(O)c1ccc(OCc2ccccc2)cc1. The van der Waals surface area contributed by atoms with Gasteiger partial charge < -0.3 is 25.6 Å². The number of hydrogen-bond acceptors (Lipinski definition) is 7. The number of carbonyl (C=O) groups is 2. The quantitative estimate of drug-likeness (QED) is 0.106. The van der Waals surface area contributed by atoms with Crippen LogP contribution in [0, 0.1) is 0 Å². The standard InChI is InChI=1S/C26H28N2O2.C14H12O3.C12H18N2/c29-26(23-11-13-25(14-12-23)30-20-22-9-5-2-6-10-22)27-24-15-17-28(18-16-24)19-21-7-3-1-4-8-21;15-14(16)12-6-8-13(9-7-12)17-10-11-4-2-1-3-5-11;13-12-6-8-14(9-7-12)10-11-4-2-1-3-5-11/h1-14,24H,15-20H2,(H,27,29);1-9H,10H2,(H,15,16);1-5,12H,6-10,13H2. The van der Waals surface area contributed by atoms with Gasteiger partial charge in [0.1, 0.15) is 24.7 Å². The van der Waals surface area contributed by atoms with Crippen molar-refractivity contribution in [2.45, 2.75) is 64.1 Å². The zero-order valence-corrected chi connectivity index (χ0v) is 34.9. The molecule has 2 fully saturated rings. The highest BCUT2D eigenvalue weighted by atomic mass is 16.5. The Morgan fingerprint density at radius 3 is 1.26 bits per heavy atom. The second-order valence-electron chi connectivity index (χ2n) is 15.5. The largest absolute Gasteiger partial charge is 0.489 e. The highest BCUT2D eigenvalue weighted by Gasteiger charge is 2.21. The van der Waals surface area contributed by atoms with Crippen LogP contribution in [0.5, 0.6) is 11.5 Å². The molecule has 2 heterocycles. The fourth-order valence-electron chi connectivity index (χ4n) is 7.18. The van der Waals surface area contributed by atoms with Crippen molar-refractivity contribution in [3.8, 4) is 11.5 Å². The number of hydrogen-bond donors (Lipinski definition) is 3. The van der Waals surface area contributed by atoms with Crippen molar-refractivity contribution < 1.29 is 24.2 Å². The molecule has 0 unspecified atom stereocenters.